The van der Waals surface area contributed by atoms with Crippen LogP contribution in [-0.4, -0.2) is 39.7 Å². The van der Waals surface area contributed by atoms with Crippen molar-refractivity contribution >= 4 is 39.9 Å². The molecule has 0 heterocycles. The van der Waals surface area contributed by atoms with Crippen molar-refractivity contribution in [2.45, 2.75) is 0 Å². The van der Waals surface area contributed by atoms with Crippen LogP contribution in [0.5, 0.6) is 0 Å². The Balaban J connectivity index is 1.70. The van der Waals surface area contributed by atoms with E-state index in [1.54, 1.807) is 12.2 Å². The van der Waals surface area contributed by atoms with Crippen LogP contribution in [0.15, 0.2) is 83.9 Å². The molecule has 0 radical (unpaired) electrons. The van der Waals surface area contributed by atoms with Crippen LogP contribution in [0, 0.1) is 0 Å². The van der Waals surface area contributed by atoms with E-state index >= 15 is 0 Å². The van der Waals surface area contributed by atoms with E-state index in [1.165, 1.54) is 0 Å². The lowest BCUT2D eigenvalue weighted by Crippen LogP contribution is -2.12. The molecule has 3 aromatic rings. The summed E-state index contributed by atoms with van der Waals surface area (Å²) in [5, 5.41) is 3.52. The molecule has 5 heteroatoms. The van der Waals surface area contributed by atoms with Gasteiger partial charge in [-0.15, -0.1) is 0 Å². The van der Waals surface area contributed by atoms with E-state index in [9.17, 15) is 4.79 Å². The summed E-state index contributed by atoms with van der Waals surface area (Å²) in [5.41, 5.74) is 7.34. The van der Waals surface area contributed by atoms with Gasteiger partial charge in [0.1, 0.15) is 0 Å². The summed E-state index contributed by atoms with van der Waals surface area (Å²) in [6, 6.07) is 22.0. The smallest absolute Gasteiger partial charge is 0.186 e. The van der Waals surface area contributed by atoms with Crippen LogP contribution in [0.4, 0.5) is 28.4 Å². The number of allylic oxidation sites excluding steroid dienone is 2. The third-order valence-electron chi connectivity index (χ3n) is 5.24. The number of carbonyl (C=O) groups is 1. The van der Waals surface area contributed by atoms with Crippen molar-refractivity contribution in [2.75, 3.05) is 43.3 Å². The number of hydrogen-bond donors (Lipinski definition) is 1. The Bertz CT molecular complexity index is 1170. The number of carbonyl (C=O) groups excluding carboxylic acids is 1. The molecule has 0 spiro atoms. The van der Waals surface area contributed by atoms with Crippen molar-refractivity contribution < 1.29 is 4.79 Å². The average molecular weight is 411 g/mol. The van der Waals surface area contributed by atoms with Gasteiger partial charge in [-0.05, 0) is 54.6 Å². The second-order valence-corrected chi connectivity index (χ2v) is 7.90. The minimum Gasteiger partial charge on any atom is -0.378 e. The van der Waals surface area contributed by atoms with Crippen LogP contribution < -0.4 is 15.1 Å². The molecule has 0 amide bonds. The summed E-state index contributed by atoms with van der Waals surface area (Å²) in [6.45, 7) is 0. The summed E-state index contributed by atoms with van der Waals surface area (Å²) >= 11 is 0. The maximum atomic E-state index is 12.2. The maximum absolute atomic E-state index is 12.2. The van der Waals surface area contributed by atoms with Crippen LogP contribution in [-0.2, 0) is 0 Å². The van der Waals surface area contributed by atoms with Gasteiger partial charge in [0.05, 0.1) is 22.8 Å². The maximum Gasteiger partial charge on any atom is 0.186 e. The van der Waals surface area contributed by atoms with E-state index in [4.69, 9.17) is 4.99 Å². The van der Waals surface area contributed by atoms with Crippen molar-refractivity contribution in [1.82, 2.24) is 0 Å². The van der Waals surface area contributed by atoms with Gasteiger partial charge in [-0.1, -0.05) is 24.3 Å². The Morgan fingerprint density at radius 1 is 0.774 bits per heavy atom. The number of aliphatic imine (C=N–C) groups is 1. The van der Waals surface area contributed by atoms with Crippen molar-refractivity contribution in [2.24, 2.45) is 4.99 Å². The summed E-state index contributed by atoms with van der Waals surface area (Å²) < 4.78 is 0. The van der Waals surface area contributed by atoms with Crippen LogP contribution >= 0.6 is 0 Å². The molecule has 3 aromatic carbocycles. The monoisotopic (exact) mass is 410 g/mol. The number of benzene rings is 3. The molecular formula is C26H26N4O. The zero-order chi connectivity index (χ0) is 22.0. The first-order chi connectivity index (χ1) is 14.9. The molecule has 0 bridgehead atoms. The number of hydrogen-bond acceptors (Lipinski definition) is 5. The van der Waals surface area contributed by atoms with Gasteiger partial charge in [0.25, 0.3) is 0 Å². The first kappa shape index (κ1) is 20.4. The zero-order valence-corrected chi connectivity index (χ0v) is 18.3. The van der Waals surface area contributed by atoms with Crippen molar-refractivity contribution in [1.29, 1.82) is 0 Å². The number of rotatable bonds is 5. The highest BCUT2D eigenvalue weighted by atomic mass is 16.1. The van der Waals surface area contributed by atoms with Crippen LogP contribution in [0.25, 0.3) is 0 Å². The summed E-state index contributed by atoms with van der Waals surface area (Å²) in [5.74, 6) is 0.0148. The fourth-order valence-corrected chi connectivity index (χ4v) is 3.57. The number of ketones is 1. The van der Waals surface area contributed by atoms with Crippen LogP contribution in [0.3, 0.4) is 0 Å². The van der Waals surface area contributed by atoms with E-state index in [2.05, 4.69) is 45.4 Å². The van der Waals surface area contributed by atoms with Gasteiger partial charge in [0, 0.05) is 50.7 Å². The van der Waals surface area contributed by atoms with E-state index in [1.807, 2.05) is 64.6 Å². The molecule has 0 saturated heterocycles. The van der Waals surface area contributed by atoms with Gasteiger partial charge in [0.2, 0.25) is 0 Å². The van der Waals surface area contributed by atoms with Crippen LogP contribution in [0.2, 0.25) is 0 Å². The lowest BCUT2D eigenvalue weighted by atomic mass is 9.94. The molecule has 1 aliphatic rings. The molecule has 31 heavy (non-hydrogen) atoms. The Morgan fingerprint density at radius 3 is 2.16 bits per heavy atom. The highest BCUT2D eigenvalue weighted by Gasteiger charge is 2.17. The lowest BCUT2D eigenvalue weighted by Gasteiger charge is -2.20. The van der Waals surface area contributed by atoms with Gasteiger partial charge in [-0.25, -0.2) is 4.99 Å². The highest BCUT2D eigenvalue weighted by Crippen LogP contribution is 2.33. The van der Waals surface area contributed by atoms with Gasteiger partial charge < -0.3 is 15.1 Å². The molecular weight excluding hydrogens is 384 g/mol. The molecule has 0 atom stereocenters. The van der Waals surface area contributed by atoms with E-state index in [0.29, 0.717) is 5.56 Å². The molecule has 1 aliphatic carbocycles. The number of fused-ring (bicyclic) bond motifs is 1. The van der Waals surface area contributed by atoms with Crippen molar-refractivity contribution in [3.05, 3.63) is 90.0 Å². The summed E-state index contributed by atoms with van der Waals surface area (Å²) in [4.78, 5) is 21.2. The standard InChI is InChI=1S/C26H26N4O/c1-29(2)20-12-9-18(10-13-20)27-24-17-19(11-15-25(24)30(3)4)28-23-14-16-26(31)22-8-6-5-7-21(22)23/h5-17,27H,1-4H3. The second-order valence-electron chi connectivity index (χ2n) is 7.90. The Labute approximate surface area is 183 Å². The fraction of sp³-hybridized carbons (Fsp3) is 0.154. The highest BCUT2D eigenvalue weighted by molar-refractivity contribution is 6.24. The van der Waals surface area contributed by atoms with Gasteiger partial charge in [0.15, 0.2) is 5.78 Å². The molecule has 5 nitrogen and oxygen atoms in total. The number of nitrogens with zero attached hydrogens (tertiary/aromatic N) is 3. The molecule has 0 unspecified atom stereocenters. The summed E-state index contributed by atoms with van der Waals surface area (Å²) in [6.07, 6.45) is 3.37. The molecule has 0 fully saturated rings. The predicted molar refractivity (Wildman–Crippen MR) is 131 cm³/mol. The Hall–Kier alpha value is -3.86. The first-order valence-electron chi connectivity index (χ1n) is 10.2. The van der Waals surface area contributed by atoms with Gasteiger partial charge in [-0.2, -0.15) is 0 Å². The minimum atomic E-state index is 0.0148. The quantitative estimate of drug-likeness (QED) is 0.609. The average Bonchev–Trinajstić information content (AvgIpc) is 2.76. The number of anilines is 4. The fourth-order valence-electron chi connectivity index (χ4n) is 3.57. The number of nitrogens with one attached hydrogen (secondary N) is 1. The first-order valence-corrected chi connectivity index (χ1v) is 10.2. The van der Waals surface area contributed by atoms with E-state index in [-0.39, 0.29) is 5.78 Å². The molecule has 0 aromatic heterocycles. The molecule has 0 saturated carbocycles. The van der Waals surface area contributed by atoms with E-state index < -0.39 is 0 Å². The summed E-state index contributed by atoms with van der Waals surface area (Å²) in [7, 11) is 8.10. The second kappa shape index (κ2) is 8.48. The predicted octanol–water partition coefficient (Wildman–Crippen LogP) is 5.44. The third kappa shape index (κ3) is 4.36. The molecule has 1 N–H and O–H groups in total. The Kier molecular flexibility index (Phi) is 5.58. The minimum absolute atomic E-state index is 0.0148. The Morgan fingerprint density at radius 2 is 1.48 bits per heavy atom. The molecule has 156 valence electrons. The largest absolute Gasteiger partial charge is 0.378 e. The van der Waals surface area contributed by atoms with Crippen molar-refractivity contribution in [3.8, 4) is 0 Å². The molecule has 4 rings (SSSR count). The SMILES string of the molecule is CN(C)c1ccc(Nc2cc(N=C3C=CC(=O)c4ccccc43)ccc2N(C)C)cc1. The zero-order valence-electron chi connectivity index (χ0n) is 18.3. The van der Waals surface area contributed by atoms with Crippen LogP contribution in [0.1, 0.15) is 15.9 Å². The van der Waals surface area contributed by atoms with E-state index in [0.717, 1.165) is 39.7 Å². The van der Waals surface area contributed by atoms with Crippen molar-refractivity contribution in [3.63, 3.8) is 0 Å². The van der Waals surface area contributed by atoms with Gasteiger partial charge >= 0.3 is 0 Å². The normalized spacial score (nSPS) is 13.8. The topological polar surface area (TPSA) is 47.9 Å². The molecule has 0 aliphatic heterocycles. The lowest BCUT2D eigenvalue weighted by molar-refractivity contribution is 0.104. The van der Waals surface area contributed by atoms with Gasteiger partial charge in [-0.3, -0.25) is 4.79 Å². The third-order valence-corrected chi connectivity index (χ3v) is 5.24.